The third-order valence-electron chi connectivity index (χ3n) is 7.80. The van der Waals surface area contributed by atoms with Crippen molar-refractivity contribution in [3.63, 3.8) is 0 Å². The Bertz CT molecular complexity index is 2060. The van der Waals surface area contributed by atoms with Crippen LogP contribution >= 0.6 is 23.2 Å². The van der Waals surface area contributed by atoms with Crippen LogP contribution in [0.25, 0.3) is 16.9 Å². The number of benzene rings is 3. The van der Waals surface area contributed by atoms with Crippen molar-refractivity contribution in [2.24, 2.45) is 0 Å². The van der Waals surface area contributed by atoms with Crippen molar-refractivity contribution < 1.29 is 19.1 Å². The van der Waals surface area contributed by atoms with E-state index >= 15 is 0 Å². The van der Waals surface area contributed by atoms with Crippen molar-refractivity contribution in [3.05, 3.63) is 118 Å². The Morgan fingerprint density at radius 1 is 1.00 bits per heavy atom. The van der Waals surface area contributed by atoms with Crippen LogP contribution in [0.1, 0.15) is 35.1 Å². The first-order valence-corrected chi connectivity index (χ1v) is 16.2. The number of rotatable bonds is 13. The van der Waals surface area contributed by atoms with Gasteiger partial charge in [0.1, 0.15) is 28.7 Å². The molecule has 0 aliphatic rings. The number of imidazole rings is 1. The van der Waals surface area contributed by atoms with E-state index in [1.54, 1.807) is 49.6 Å². The van der Waals surface area contributed by atoms with Crippen molar-refractivity contribution >= 4 is 40.9 Å². The van der Waals surface area contributed by atoms with Crippen molar-refractivity contribution in [1.82, 2.24) is 45.3 Å². The lowest BCUT2D eigenvalue weighted by Gasteiger charge is -2.16. The molecule has 0 fully saturated rings. The molecule has 3 heterocycles. The van der Waals surface area contributed by atoms with E-state index in [2.05, 4.69) is 35.9 Å². The van der Waals surface area contributed by atoms with E-state index in [4.69, 9.17) is 38.0 Å². The molecule has 0 unspecified atom stereocenters. The number of carbonyl (C=O) groups excluding carboxylic acids is 2. The fourth-order valence-corrected chi connectivity index (χ4v) is 5.76. The molecule has 6 rings (SSSR count). The first kappa shape index (κ1) is 34.1. The summed E-state index contributed by atoms with van der Waals surface area (Å²) in [6, 6.07) is 21.4. The number of amides is 2. The molecule has 0 radical (unpaired) electrons. The van der Waals surface area contributed by atoms with Crippen LogP contribution < -0.4 is 15.4 Å². The summed E-state index contributed by atoms with van der Waals surface area (Å²) >= 11 is 13.0. The van der Waals surface area contributed by atoms with Gasteiger partial charge in [0.25, 0.3) is 0 Å². The van der Waals surface area contributed by atoms with Gasteiger partial charge >= 0.3 is 6.09 Å². The number of aromatic amines is 1. The van der Waals surface area contributed by atoms with Crippen LogP contribution in [0.15, 0.2) is 85.3 Å². The third kappa shape index (κ3) is 8.46. The van der Waals surface area contributed by atoms with Gasteiger partial charge in [-0.05, 0) is 76.5 Å². The van der Waals surface area contributed by atoms with Gasteiger partial charge in [-0.25, -0.2) is 14.5 Å². The first-order valence-electron chi connectivity index (χ1n) is 15.4. The fraction of sp³-hybridized carbons (Fsp3) is 0.206. The van der Waals surface area contributed by atoms with Crippen LogP contribution in [-0.4, -0.2) is 66.2 Å². The lowest BCUT2D eigenvalue weighted by Crippen LogP contribution is -2.31. The SMILES string of the molecule is COC(=O)Nc1ccc(-c2nc([C@H](Cc3ccn(Cc4ccc(OC)cc4)n3)NC(=O)CCc3cc(Cl)ccc3-n3cnnn3)[nH]c2Cl)cc1. The highest BCUT2D eigenvalue weighted by molar-refractivity contribution is 6.32. The molecule has 0 spiro atoms. The number of aryl methyl sites for hydroxylation is 1. The standard InChI is InChI=1S/C34H32Cl2N10O4/c1-49-27-11-3-21(4-12-27)19-45-16-15-26(42-45)18-28(33-40-31(32(36)41-33)22-5-9-25(10-6-22)38-34(48)50-2)39-30(47)14-7-23-17-24(35)8-13-29(23)46-20-37-43-44-46/h3-6,8-13,15-17,20,28H,7,14,18-19H2,1-2H3,(H,38,48)(H,39,47)(H,40,41)/t28-/m0/s1. The van der Waals surface area contributed by atoms with Crippen LogP contribution in [-0.2, 0) is 28.9 Å². The molecule has 2 amide bonds. The summed E-state index contributed by atoms with van der Waals surface area (Å²) in [4.78, 5) is 33.1. The van der Waals surface area contributed by atoms with Gasteiger partial charge in [0.15, 0.2) is 0 Å². The van der Waals surface area contributed by atoms with Crippen LogP contribution in [0.5, 0.6) is 5.75 Å². The first-order chi connectivity index (χ1) is 24.3. The molecule has 0 saturated carbocycles. The molecule has 16 heteroatoms. The number of halogens is 2. The second kappa shape index (κ2) is 15.7. The average molecular weight is 716 g/mol. The summed E-state index contributed by atoms with van der Waals surface area (Å²) in [5.41, 5.74) is 5.07. The van der Waals surface area contributed by atoms with E-state index in [0.717, 1.165) is 28.3 Å². The van der Waals surface area contributed by atoms with Gasteiger partial charge in [-0.3, -0.25) is 14.8 Å². The summed E-state index contributed by atoms with van der Waals surface area (Å²) in [5, 5.41) is 22.8. The smallest absolute Gasteiger partial charge is 0.411 e. The molecule has 0 aliphatic heterocycles. The summed E-state index contributed by atoms with van der Waals surface area (Å²) in [5.74, 6) is 1.01. The van der Waals surface area contributed by atoms with E-state index in [-0.39, 0.29) is 12.3 Å². The number of hydrogen-bond acceptors (Lipinski definition) is 9. The van der Waals surface area contributed by atoms with Crippen molar-refractivity contribution in [1.29, 1.82) is 0 Å². The summed E-state index contributed by atoms with van der Waals surface area (Å²) in [7, 11) is 2.92. The van der Waals surface area contributed by atoms with Gasteiger partial charge in [0.2, 0.25) is 5.91 Å². The summed E-state index contributed by atoms with van der Waals surface area (Å²) in [6.45, 7) is 0.557. The Hall–Kier alpha value is -5.73. The minimum atomic E-state index is -0.600. The lowest BCUT2D eigenvalue weighted by atomic mass is 10.1. The van der Waals surface area contributed by atoms with Crippen LogP contribution in [0.2, 0.25) is 10.2 Å². The largest absolute Gasteiger partial charge is 0.497 e. The molecular formula is C34H32Cl2N10O4. The van der Waals surface area contributed by atoms with Crippen molar-refractivity contribution in [2.45, 2.75) is 31.8 Å². The molecule has 3 aromatic carbocycles. The molecule has 6 aromatic rings. The van der Waals surface area contributed by atoms with E-state index in [9.17, 15) is 9.59 Å². The Kier molecular flexibility index (Phi) is 10.7. The topological polar surface area (TPSA) is 167 Å². The van der Waals surface area contributed by atoms with E-state index in [1.807, 2.05) is 41.2 Å². The van der Waals surface area contributed by atoms with Crippen LogP contribution in [0.4, 0.5) is 10.5 Å². The number of hydrogen-bond donors (Lipinski definition) is 3. The minimum absolute atomic E-state index is 0.147. The third-order valence-corrected chi connectivity index (χ3v) is 8.31. The average Bonchev–Trinajstić information content (AvgIpc) is 3.90. The lowest BCUT2D eigenvalue weighted by molar-refractivity contribution is -0.121. The molecule has 256 valence electrons. The predicted molar refractivity (Wildman–Crippen MR) is 186 cm³/mol. The molecule has 0 aliphatic carbocycles. The molecule has 3 N–H and O–H groups in total. The second-order valence-corrected chi connectivity index (χ2v) is 12.0. The maximum Gasteiger partial charge on any atom is 0.411 e. The zero-order valence-electron chi connectivity index (χ0n) is 27.0. The summed E-state index contributed by atoms with van der Waals surface area (Å²) < 4.78 is 13.3. The molecule has 14 nitrogen and oxygen atoms in total. The van der Waals surface area contributed by atoms with Gasteiger partial charge in [-0.2, -0.15) is 5.10 Å². The number of nitrogens with one attached hydrogen (secondary N) is 3. The minimum Gasteiger partial charge on any atom is -0.497 e. The van der Waals surface area contributed by atoms with Gasteiger partial charge < -0.3 is 19.8 Å². The highest BCUT2D eigenvalue weighted by Gasteiger charge is 2.23. The normalized spacial score (nSPS) is 11.6. The highest BCUT2D eigenvalue weighted by atomic mass is 35.5. The number of ether oxygens (including phenoxy) is 2. The highest BCUT2D eigenvalue weighted by Crippen LogP contribution is 2.30. The zero-order valence-corrected chi connectivity index (χ0v) is 28.5. The predicted octanol–water partition coefficient (Wildman–Crippen LogP) is 5.82. The van der Waals surface area contributed by atoms with Crippen LogP contribution in [0, 0.1) is 0 Å². The fourth-order valence-electron chi connectivity index (χ4n) is 5.31. The molecule has 1 atom stereocenters. The monoisotopic (exact) mass is 714 g/mol. The van der Waals surface area contributed by atoms with Crippen molar-refractivity contribution in [3.8, 4) is 22.7 Å². The van der Waals surface area contributed by atoms with Crippen LogP contribution in [0.3, 0.4) is 0 Å². The van der Waals surface area contributed by atoms with Gasteiger partial charge in [0.05, 0.1) is 38.2 Å². The van der Waals surface area contributed by atoms with Gasteiger partial charge in [0, 0.05) is 35.3 Å². The number of aromatic nitrogens is 8. The number of nitrogens with zero attached hydrogens (tertiary/aromatic N) is 7. The van der Waals surface area contributed by atoms with E-state index in [1.165, 1.54) is 18.1 Å². The van der Waals surface area contributed by atoms with Crippen molar-refractivity contribution in [2.75, 3.05) is 19.5 Å². The van der Waals surface area contributed by atoms with Gasteiger partial charge in [-0.1, -0.05) is 47.5 Å². The maximum absolute atomic E-state index is 13.5. The quantitative estimate of drug-likeness (QED) is 0.133. The molecule has 0 saturated heterocycles. The zero-order chi connectivity index (χ0) is 35.0. The molecule has 3 aromatic heterocycles. The van der Waals surface area contributed by atoms with E-state index in [0.29, 0.717) is 52.3 Å². The number of anilines is 1. The number of H-pyrrole nitrogens is 1. The number of tetrazole rings is 1. The number of carbonyl (C=O) groups is 2. The molecular weight excluding hydrogens is 683 g/mol. The van der Waals surface area contributed by atoms with Gasteiger partial charge in [-0.15, -0.1) is 5.10 Å². The Morgan fingerprint density at radius 2 is 1.80 bits per heavy atom. The Morgan fingerprint density at radius 3 is 2.52 bits per heavy atom. The molecule has 50 heavy (non-hydrogen) atoms. The molecule has 0 bridgehead atoms. The second-order valence-electron chi connectivity index (χ2n) is 11.2. The maximum atomic E-state index is 13.5. The Balaban J connectivity index is 1.22. The summed E-state index contributed by atoms with van der Waals surface area (Å²) in [6.07, 6.45) is 3.65. The van der Waals surface area contributed by atoms with E-state index < -0.39 is 12.1 Å². The number of methoxy groups -OCH3 is 2. The Labute approximate surface area is 296 Å².